The molecule has 1 aromatic rings. The molecule has 0 unspecified atom stereocenters. The van der Waals surface area contributed by atoms with Crippen molar-refractivity contribution >= 4 is 10.5 Å². The summed E-state index contributed by atoms with van der Waals surface area (Å²) in [6.07, 6.45) is 3.05. The minimum Gasteiger partial charge on any atom is -0.422 e. The number of halogens is 4. The van der Waals surface area contributed by atoms with Gasteiger partial charge >= 0.3 is 0 Å². The normalized spacial score (nSPS) is 12.1. The summed E-state index contributed by atoms with van der Waals surface area (Å²) >= 11 is 0. The van der Waals surface area contributed by atoms with E-state index in [9.17, 15) is 17.6 Å². The zero-order valence-electron chi connectivity index (χ0n) is 12.0. The Hall–Kier alpha value is -0.883. The van der Waals surface area contributed by atoms with Crippen molar-refractivity contribution in [1.29, 1.82) is 0 Å². The first-order valence-electron chi connectivity index (χ1n) is 6.77. The molecular formula is C14H20F4OSi. The third-order valence-corrected chi connectivity index (χ3v) is 4.84. The monoisotopic (exact) mass is 308 g/mol. The van der Waals surface area contributed by atoms with Gasteiger partial charge in [0.25, 0.3) is 0 Å². The lowest BCUT2D eigenvalue weighted by molar-refractivity contribution is 0.0591. The van der Waals surface area contributed by atoms with Gasteiger partial charge in [-0.1, -0.05) is 13.8 Å². The van der Waals surface area contributed by atoms with E-state index in [0.29, 0.717) is 23.3 Å². The summed E-state index contributed by atoms with van der Waals surface area (Å²) in [5.74, 6) is -6.15. The van der Waals surface area contributed by atoms with Crippen molar-refractivity contribution in [3.05, 3.63) is 34.9 Å². The first kappa shape index (κ1) is 17.2. The smallest absolute Gasteiger partial charge is 0.197 e. The highest BCUT2D eigenvalue weighted by atomic mass is 28.2. The zero-order valence-corrected chi connectivity index (χ0v) is 14.0. The van der Waals surface area contributed by atoms with Crippen molar-refractivity contribution in [2.45, 2.75) is 51.6 Å². The molecule has 1 rings (SSSR count). The maximum Gasteiger partial charge on any atom is 0.197 e. The SMILES string of the molecule is CCC(CC)(CCCc1cc(F)c(F)c(F)c1F)O[SiH3]. The van der Waals surface area contributed by atoms with Crippen molar-refractivity contribution in [1.82, 2.24) is 0 Å². The number of aryl methyl sites for hydroxylation is 1. The number of hydrogen-bond acceptors (Lipinski definition) is 1. The molecule has 20 heavy (non-hydrogen) atoms. The average Bonchev–Trinajstić information content (AvgIpc) is 2.47. The second-order valence-electron chi connectivity index (χ2n) is 4.91. The van der Waals surface area contributed by atoms with Gasteiger partial charge in [0.2, 0.25) is 0 Å². The van der Waals surface area contributed by atoms with Crippen molar-refractivity contribution in [2.75, 3.05) is 0 Å². The molecular weight excluding hydrogens is 288 g/mol. The molecule has 114 valence electrons. The number of benzene rings is 1. The fourth-order valence-electron chi connectivity index (χ4n) is 2.40. The maximum absolute atomic E-state index is 13.5. The van der Waals surface area contributed by atoms with Gasteiger partial charge in [-0.05, 0) is 43.7 Å². The predicted molar refractivity (Wildman–Crippen MR) is 73.5 cm³/mol. The van der Waals surface area contributed by atoms with Gasteiger partial charge in [0.15, 0.2) is 23.3 Å². The van der Waals surface area contributed by atoms with Crippen LogP contribution in [0.2, 0.25) is 0 Å². The van der Waals surface area contributed by atoms with E-state index in [4.69, 9.17) is 4.43 Å². The molecule has 6 heteroatoms. The van der Waals surface area contributed by atoms with Gasteiger partial charge in [-0.15, -0.1) is 0 Å². The lowest BCUT2D eigenvalue weighted by Crippen LogP contribution is -2.30. The summed E-state index contributed by atoms with van der Waals surface area (Å²) in [6.45, 7) is 4.03. The van der Waals surface area contributed by atoms with Gasteiger partial charge in [-0.3, -0.25) is 0 Å². The van der Waals surface area contributed by atoms with Crippen LogP contribution in [0.3, 0.4) is 0 Å². The molecule has 0 heterocycles. The molecule has 0 aliphatic carbocycles. The molecule has 1 nitrogen and oxygen atoms in total. The Morgan fingerprint density at radius 2 is 1.65 bits per heavy atom. The van der Waals surface area contributed by atoms with Crippen molar-refractivity contribution < 1.29 is 22.0 Å². The molecule has 0 spiro atoms. The van der Waals surface area contributed by atoms with Crippen LogP contribution in [0.4, 0.5) is 17.6 Å². The van der Waals surface area contributed by atoms with Gasteiger partial charge in [0.05, 0.1) is 5.60 Å². The highest BCUT2D eigenvalue weighted by Crippen LogP contribution is 2.27. The van der Waals surface area contributed by atoms with E-state index in [-0.39, 0.29) is 17.6 Å². The third kappa shape index (κ3) is 3.61. The summed E-state index contributed by atoms with van der Waals surface area (Å²) in [5.41, 5.74) is -0.365. The summed E-state index contributed by atoms with van der Waals surface area (Å²) in [7, 11) is 0.603. The van der Waals surface area contributed by atoms with Gasteiger partial charge in [0.1, 0.15) is 10.5 Å². The minimum absolute atomic E-state index is 0.129. The quantitative estimate of drug-likeness (QED) is 0.325. The fourth-order valence-corrected chi connectivity index (χ4v) is 3.18. The molecule has 0 N–H and O–H groups in total. The van der Waals surface area contributed by atoms with Crippen LogP contribution < -0.4 is 0 Å². The highest BCUT2D eigenvalue weighted by molar-refractivity contribution is 5.98. The van der Waals surface area contributed by atoms with E-state index < -0.39 is 23.3 Å². The summed E-state index contributed by atoms with van der Waals surface area (Å²) < 4.78 is 58.1. The van der Waals surface area contributed by atoms with Gasteiger partial charge < -0.3 is 4.43 Å². The Bertz CT molecular complexity index is 453. The molecule has 0 aliphatic rings. The van der Waals surface area contributed by atoms with Crippen LogP contribution in [0, 0.1) is 23.3 Å². The van der Waals surface area contributed by atoms with Crippen molar-refractivity contribution in [2.24, 2.45) is 0 Å². The average molecular weight is 308 g/mol. The molecule has 0 aliphatic heterocycles. The molecule has 0 atom stereocenters. The molecule has 0 saturated carbocycles. The lowest BCUT2D eigenvalue weighted by Gasteiger charge is -2.31. The number of rotatable bonds is 7. The van der Waals surface area contributed by atoms with Crippen LogP contribution in [-0.2, 0) is 10.8 Å². The summed E-state index contributed by atoms with van der Waals surface area (Å²) in [5, 5.41) is 0. The first-order valence-corrected chi connectivity index (χ1v) is 7.59. The molecule has 0 radical (unpaired) electrons. The second-order valence-corrected chi connectivity index (χ2v) is 5.32. The molecule has 0 aromatic heterocycles. The molecule has 0 saturated heterocycles. The van der Waals surface area contributed by atoms with Crippen molar-refractivity contribution in [3.8, 4) is 0 Å². The van der Waals surface area contributed by atoms with E-state index in [1.54, 1.807) is 0 Å². The van der Waals surface area contributed by atoms with Crippen LogP contribution in [0.25, 0.3) is 0 Å². The standard InChI is InChI=1S/C14H20F4OSi/c1-3-14(4-2,19-20)7-5-6-9-8-10(15)12(17)13(18)11(9)16/h8H,3-7H2,1-2,20H3. The van der Waals surface area contributed by atoms with Gasteiger partial charge in [0, 0.05) is 0 Å². The molecule has 0 amide bonds. The van der Waals surface area contributed by atoms with E-state index in [2.05, 4.69) is 0 Å². The predicted octanol–water partition coefficient (Wildman–Crippen LogP) is 3.42. The lowest BCUT2D eigenvalue weighted by atomic mass is 9.90. The van der Waals surface area contributed by atoms with E-state index >= 15 is 0 Å². The summed E-state index contributed by atoms with van der Waals surface area (Å²) in [4.78, 5) is 0. The van der Waals surface area contributed by atoms with Crippen molar-refractivity contribution in [3.63, 3.8) is 0 Å². The Balaban J connectivity index is 2.76. The van der Waals surface area contributed by atoms with Crippen LogP contribution in [0.5, 0.6) is 0 Å². The van der Waals surface area contributed by atoms with Gasteiger partial charge in [-0.25, -0.2) is 17.6 Å². The van der Waals surface area contributed by atoms with Gasteiger partial charge in [-0.2, -0.15) is 0 Å². The maximum atomic E-state index is 13.5. The second kappa shape index (κ2) is 7.22. The molecule has 0 bridgehead atoms. The Morgan fingerprint density at radius 1 is 1.05 bits per heavy atom. The fraction of sp³-hybridized carbons (Fsp3) is 0.571. The van der Waals surface area contributed by atoms with E-state index in [1.807, 2.05) is 13.8 Å². The first-order chi connectivity index (χ1) is 9.40. The number of hydrogen-bond donors (Lipinski definition) is 0. The Kier molecular flexibility index (Phi) is 6.20. The topological polar surface area (TPSA) is 9.23 Å². The summed E-state index contributed by atoms with van der Waals surface area (Å²) in [6, 6.07) is 0.731. The Morgan fingerprint density at radius 3 is 2.15 bits per heavy atom. The largest absolute Gasteiger partial charge is 0.422 e. The van der Waals surface area contributed by atoms with Crippen LogP contribution >= 0.6 is 0 Å². The third-order valence-electron chi connectivity index (χ3n) is 3.98. The van der Waals surface area contributed by atoms with Crippen LogP contribution in [0.1, 0.15) is 45.1 Å². The molecule has 0 fully saturated rings. The highest BCUT2D eigenvalue weighted by Gasteiger charge is 2.25. The molecule has 1 aromatic carbocycles. The van der Waals surface area contributed by atoms with Crippen LogP contribution in [0.15, 0.2) is 6.07 Å². The van der Waals surface area contributed by atoms with E-state index in [0.717, 1.165) is 18.9 Å². The minimum atomic E-state index is -1.76. The van der Waals surface area contributed by atoms with Crippen LogP contribution in [-0.4, -0.2) is 16.1 Å². The zero-order chi connectivity index (χ0) is 15.3. The Labute approximate surface area is 119 Å². The van der Waals surface area contributed by atoms with E-state index in [1.165, 1.54) is 0 Å².